The summed E-state index contributed by atoms with van der Waals surface area (Å²) in [6, 6.07) is 12.2. The van der Waals surface area contributed by atoms with Crippen LogP contribution in [0.2, 0.25) is 5.02 Å². The summed E-state index contributed by atoms with van der Waals surface area (Å²) in [7, 11) is 0. The third-order valence-corrected chi connectivity index (χ3v) is 6.34. The first-order valence-electron chi connectivity index (χ1n) is 9.53. The first kappa shape index (κ1) is 23.4. The maximum Gasteiger partial charge on any atom is 0.320 e. The molecule has 4 rings (SSSR count). The molecule has 0 radical (unpaired) electrons. The van der Waals surface area contributed by atoms with E-state index in [1.807, 2.05) is 31.2 Å². The van der Waals surface area contributed by atoms with Crippen molar-refractivity contribution in [2.45, 2.75) is 26.4 Å². The first-order chi connectivity index (χ1) is 13.5. The third kappa shape index (κ3) is 5.50. The number of halogens is 2. The predicted molar refractivity (Wildman–Crippen MR) is 113 cm³/mol. The Labute approximate surface area is 215 Å². The molecule has 0 aromatic heterocycles. The van der Waals surface area contributed by atoms with E-state index in [4.69, 9.17) is 21.1 Å². The van der Waals surface area contributed by atoms with Gasteiger partial charge in [-0.3, -0.25) is 9.69 Å². The number of benzene rings is 2. The Hall–Kier alpha value is -0.300. The molecule has 1 aliphatic heterocycles. The number of nitrogens with zero attached hydrogens (tertiary/aromatic N) is 1. The molecule has 1 fully saturated rings. The number of hydrogen-bond donors (Lipinski definition) is 0. The molecule has 1 saturated heterocycles. The van der Waals surface area contributed by atoms with Crippen LogP contribution in [0.1, 0.15) is 23.6 Å². The molecule has 1 aliphatic carbocycles. The van der Waals surface area contributed by atoms with Crippen molar-refractivity contribution in [3.8, 4) is 5.75 Å². The van der Waals surface area contributed by atoms with Crippen LogP contribution in [0, 0.1) is 43.2 Å². The Balaban J connectivity index is 0.00000240. The molecule has 4 nitrogen and oxygen atoms in total. The van der Waals surface area contributed by atoms with Gasteiger partial charge in [0.1, 0.15) is 12.4 Å². The molecule has 2 aromatic rings. The molecule has 29 heavy (non-hydrogen) atoms. The molecular formula is C22H23ArBrClNO3. The molecule has 156 valence electrons. The molecular weight excluding hydrogens is 482 g/mol. The minimum Gasteiger partial charge on any atom is -0.489 e. The standard InChI is InChI=1S/C22H23BrClNO3.Ar/c1-2-27-21(26)11-25-13-22(14-25)9-15-4-6-19(7-17(15)10-22)28-12-16-3-5-18(23)8-20(16)24;/h3-8H,2,9-14H2,1H3;. The number of rotatable bonds is 6. The fourth-order valence-corrected chi connectivity index (χ4v) is 5.05. The molecule has 0 amide bonds. The van der Waals surface area contributed by atoms with Gasteiger partial charge < -0.3 is 9.47 Å². The van der Waals surface area contributed by atoms with Crippen LogP contribution >= 0.6 is 27.5 Å². The van der Waals surface area contributed by atoms with Crippen molar-refractivity contribution in [3.05, 3.63) is 62.6 Å². The van der Waals surface area contributed by atoms with Gasteiger partial charge in [-0.1, -0.05) is 39.7 Å². The van der Waals surface area contributed by atoms with Gasteiger partial charge in [-0.25, -0.2) is 0 Å². The van der Waals surface area contributed by atoms with Gasteiger partial charge >= 0.3 is 5.97 Å². The van der Waals surface area contributed by atoms with Gasteiger partial charge in [0.05, 0.1) is 13.2 Å². The third-order valence-electron chi connectivity index (χ3n) is 5.49. The second-order valence-corrected chi connectivity index (χ2v) is 9.08. The molecule has 0 N–H and O–H groups in total. The molecule has 0 unspecified atom stereocenters. The van der Waals surface area contributed by atoms with Crippen LogP contribution in [0.5, 0.6) is 5.75 Å². The van der Waals surface area contributed by atoms with Gasteiger partial charge in [0.25, 0.3) is 0 Å². The summed E-state index contributed by atoms with van der Waals surface area (Å²) in [4.78, 5) is 13.8. The van der Waals surface area contributed by atoms with E-state index in [0.717, 1.165) is 41.7 Å². The van der Waals surface area contributed by atoms with E-state index in [0.29, 0.717) is 24.8 Å². The fraction of sp³-hybridized carbons (Fsp3) is 0.409. The minimum absolute atomic E-state index is 0. The zero-order chi connectivity index (χ0) is 19.7. The van der Waals surface area contributed by atoms with E-state index in [9.17, 15) is 4.79 Å². The number of carbonyl (C=O) groups excluding carboxylic acids is 1. The molecule has 0 bridgehead atoms. The van der Waals surface area contributed by atoms with Gasteiger partial charge in [0.15, 0.2) is 0 Å². The second kappa shape index (κ2) is 9.88. The van der Waals surface area contributed by atoms with Gasteiger partial charge in [-0.2, -0.15) is 0 Å². The number of fused-ring (bicyclic) bond motifs is 1. The first-order valence-corrected chi connectivity index (χ1v) is 10.7. The van der Waals surface area contributed by atoms with E-state index >= 15 is 0 Å². The Kier molecular flexibility index (Phi) is 7.96. The van der Waals surface area contributed by atoms with Crippen LogP contribution in [-0.2, 0) is 29.0 Å². The van der Waals surface area contributed by atoms with Crippen LogP contribution < -0.4 is 4.74 Å². The molecule has 2 aliphatic rings. The summed E-state index contributed by atoms with van der Waals surface area (Å²) in [5, 5.41) is 0.700. The van der Waals surface area contributed by atoms with Gasteiger partial charge in [-0.15, -0.1) is 0 Å². The van der Waals surface area contributed by atoms with Gasteiger partial charge in [0.2, 0.25) is 0 Å². The largest absolute Gasteiger partial charge is 0.489 e. The maximum absolute atomic E-state index is 11.7. The zero-order valence-electron chi connectivity index (χ0n) is 16.2. The van der Waals surface area contributed by atoms with Crippen LogP contribution in [-0.4, -0.2) is 37.1 Å². The SMILES string of the molecule is CCOC(=O)CN1CC2(Cc3ccc(OCc4ccc(Br)cc4Cl)cc3C2)C1.[Ar]. The maximum atomic E-state index is 11.7. The monoisotopic (exact) mass is 503 g/mol. The summed E-state index contributed by atoms with van der Waals surface area (Å²) < 4.78 is 12.0. The number of hydrogen-bond acceptors (Lipinski definition) is 4. The van der Waals surface area contributed by atoms with Crippen LogP contribution in [0.3, 0.4) is 0 Å². The van der Waals surface area contributed by atoms with Crippen LogP contribution in [0.15, 0.2) is 40.9 Å². The fourth-order valence-electron chi connectivity index (χ4n) is 4.33. The van der Waals surface area contributed by atoms with Crippen LogP contribution in [0.25, 0.3) is 0 Å². The topological polar surface area (TPSA) is 38.8 Å². The van der Waals surface area contributed by atoms with Crippen molar-refractivity contribution in [2.24, 2.45) is 5.41 Å². The van der Waals surface area contributed by atoms with Crippen molar-refractivity contribution in [1.82, 2.24) is 4.90 Å². The summed E-state index contributed by atoms with van der Waals surface area (Å²) >= 11 is 9.69. The van der Waals surface area contributed by atoms with Gasteiger partial charge in [0, 0.05) is 71.3 Å². The number of ether oxygens (including phenoxy) is 2. The number of esters is 1. The average Bonchev–Trinajstić information content (AvgIpc) is 2.99. The molecule has 1 heterocycles. The molecule has 1 spiro atoms. The molecule has 0 atom stereocenters. The minimum atomic E-state index is -0.129. The Bertz CT molecular complexity index is 902. The summed E-state index contributed by atoms with van der Waals surface area (Å²) in [5.74, 6) is 0.743. The summed E-state index contributed by atoms with van der Waals surface area (Å²) in [6.45, 7) is 5.03. The van der Waals surface area contributed by atoms with Crippen molar-refractivity contribution < 1.29 is 52.0 Å². The van der Waals surface area contributed by atoms with E-state index in [2.05, 4.69) is 33.0 Å². The Morgan fingerprint density at radius 3 is 2.66 bits per heavy atom. The van der Waals surface area contributed by atoms with E-state index in [1.54, 1.807) is 0 Å². The predicted octanol–water partition coefficient (Wildman–Crippen LogP) is 4.65. The normalized spacial score (nSPS) is 16.7. The van der Waals surface area contributed by atoms with Crippen molar-refractivity contribution in [3.63, 3.8) is 0 Å². The smallest absolute Gasteiger partial charge is 0.320 e. The Morgan fingerprint density at radius 2 is 1.93 bits per heavy atom. The van der Waals surface area contributed by atoms with Crippen molar-refractivity contribution in [2.75, 3.05) is 26.2 Å². The van der Waals surface area contributed by atoms with Crippen molar-refractivity contribution >= 4 is 33.5 Å². The second-order valence-electron chi connectivity index (χ2n) is 7.76. The quantitative estimate of drug-likeness (QED) is 0.537. The molecule has 2 aromatic carbocycles. The molecule has 0 saturated carbocycles. The molecule has 7 heteroatoms. The van der Waals surface area contributed by atoms with E-state index in [-0.39, 0.29) is 49.1 Å². The van der Waals surface area contributed by atoms with Crippen LogP contribution in [0.4, 0.5) is 0 Å². The summed E-state index contributed by atoms with van der Waals surface area (Å²) in [6.07, 6.45) is 2.11. The zero-order valence-corrected chi connectivity index (χ0v) is 19.2. The van der Waals surface area contributed by atoms with E-state index in [1.165, 1.54) is 11.1 Å². The van der Waals surface area contributed by atoms with Gasteiger partial charge in [-0.05, 0) is 55.2 Å². The average molecular weight is 505 g/mol. The number of carbonyl (C=O) groups is 1. The van der Waals surface area contributed by atoms with E-state index < -0.39 is 0 Å². The Morgan fingerprint density at radius 1 is 1.17 bits per heavy atom. The summed E-state index contributed by atoms with van der Waals surface area (Å²) in [5.41, 5.74) is 3.98. The number of likely N-dealkylation sites (tertiary alicyclic amines) is 1. The van der Waals surface area contributed by atoms with Crippen molar-refractivity contribution in [1.29, 1.82) is 0 Å².